The second-order valence-electron chi connectivity index (χ2n) is 5.70. The van der Waals surface area contributed by atoms with Crippen LogP contribution in [0.15, 0.2) is 30.3 Å². The lowest BCUT2D eigenvalue weighted by Crippen LogP contribution is -2.25. The Morgan fingerprint density at radius 2 is 2.14 bits per heavy atom. The number of carbonyl (C=O) groups is 1. The number of rotatable bonds is 6. The van der Waals surface area contributed by atoms with Gasteiger partial charge in [-0.05, 0) is 38.3 Å². The molecular weight excluding hydrogens is 262 g/mol. The fourth-order valence-corrected chi connectivity index (χ4v) is 2.45. The number of amides is 1. The molecule has 0 radical (unpaired) electrons. The van der Waals surface area contributed by atoms with Crippen molar-refractivity contribution in [2.45, 2.75) is 38.6 Å². The summed E-state index contributed by atoms with van der Waals surface area (Å²) in [6, 6.07) is 10.6. The van der Waals surface area contributed by atoms with Crippen molar-refractivity contribution < 1.29 is 4.79 Å². The Labute approximate surface area is 125 Å². The summed E-state index contributed by atoms with van der Waals surface area (Å²) in [7, 11) is 0. The number of fused-ring (bicyclic) bond motifs is 1. The number of nitrogens with zero attached hydrogens (tertiary/aromatic N) is 1. The van der Waals surface area contributed by atoms with E-state index < -0.39 is 0 Å². The summed E-state index contributed by atoms with van der Waals surface area (Å²) in [6.07, 6.45) is 3.72. The molecule has 1 aromatic heterocycles. The van der Waals surface area contributed by atoms with Crippen molar-refractivity contribution in [2.24, 2.45) is 0 Å². The molecule has 0 saturated heterocycles. The molecule has 3 rings (SSSR count). The molecule has 0 aliphatic heterocycles. The quantitative estimate of drug-likeness (QED) is 0.801. The molecule has 21 heavy (non-hydrogen) atoms. The Balaban J connectivity index is 1.56. The number of para-hydroxylation sites is 1. The van der Waals surface area contributed by atoms with Crippen molar-refractivity contribution in [3.05, 3.63) is 36.0 Å². The molecule has 110 valence electrons. The van der Waals surface area contributed by atoms with Gasteiger partial charge in [-0.3, -0.25) is 9.78 Å². The number of pyridine rings is 1. The molecule has 2 N–H and O–H groups in total. The SMILES string of the molecule is Cc1cc(NCCCC(=O)NC2CC2)c2ccccc2n1. The van der Waals surface area contributed by atoms with Gasteiger partial charge in [-0.2, -0.15) is 0 Å². The van der Waals surface area contributed by atoms with Crippen molar-refractivity contribution in [3.8, 4) is 0 Å². The van der Waals surface area contributed by atoms with E-state index in [0.29, 0.717) is 12.5 Å². The Hall–Kier alpha value is -2.10. The number of aromatic nitrogens is 1. The van der Waals surface area contributed by atoms with Crippen molar-refractivity contribution in [1.82, 2.24) is 10.3 Å². The van der Waals surface area contributed by atoms with Gasteiger partial charge in [0, 0.05) is 35.8 Å². The van der Waals surface area contributed by atoms with Gasteiger partial charge in [0.25, 0.3) is 0 Å². The first-order valence-corrected chi connectivity index (χ1v) is 7.62. The number of nitrogens with one attached hydrogen (secondary N) is 2. The van der Waals surface area contributed by atoms with Crippen LogP contribution >= 0.6 is 0 Å². The van der Waals surface area contributed by atoms with Crippen LogP contribution in [0.4, 0.5) is 5.69 Å². The molecule has 1 aliphatic carbocycles. The Morgan fingerprint density at radius 3 is 2.95 bits per heavy atom. The summed E-state index contributed by atoms with van der Waals surface area (Å²) in [5.41, 5.74) is 3.11. The lowest BCUT2D eigenvalue weighted by molar-refractivity contribution is -0.121. The van der Waals surface area contributed by atoms with Gasteiger partial charge < -0.3 is 10.6 Å². The Kier molecular flexibility index (Phi) is 4.04. The highest BCUT2D eigenvalue weighted by molar-refractivity contribution is 5.91. The molecule has 1 amide bonds. The number of hydrogen-bond acceptors (Lipinski definition) is 3. The van der Waals surface area contributed by atoms with Crippen LogP contribution in [0.25, 0.3) is 10.9 Å². The standard InChI is InChI=1S/C17H21N3O/c1-12-11-16(14-5-2-3-6-15(14)19-12)18-10-4-7-17(21)20-13-8-9-13/h2-3,5-6,11,13H,4,7-10H2,1H3,(H,18,19)(H,20,21). The van der Waals surface area contributed by atoms with Crippen LogP contribution < -0.4 is 10.6 Å². The van der Waals surface area contributed by atoms with Crippen LogP contribution in [-0.4, -0.2) is 23.5 Å². The molecule has 4 heteroatoms. The minimum absolute atomic E-state index is 0.176. The van der Waals surface area contributed by atoms with Crippen LogP contribution in [0.1, 0.15) is 31.4 Å². The summed E-state index contributed by atoms with van der Waals surface area (Å²) in [6.45, 7) is 2.80. The summed E-state index contributed by atoms with van der Waals surface area (Å²) < 4.78 is 0. The van der Waals surface area contributed by atoms with Gasteiger partial charge in [0.15, 0.2) is 0 Å². The molecule has 0 atom stereocenters. The van der Waals surface area contributed by atoms with E-state index in [4.69, 9.17) is 0 Å². The first kappa shape index (κ1) is 13.9. The maximum atomic E-state index is 11.6. The maximum absolute atomic E-state index is 11.6. The maximum Gasteiger partial charge on any atom is 0.220 e. The minimum Gasteiger partial charge on any atom is -0.384 e. The van der Waals surface area contributed by atoms with E-state index in [2.05, 4.69) is 27.8 Å². The van der Waals surface area contributed by atoms with Gasteiger partial charge in [-0.25, -0.2) is 0 Å². The molecular formula is C17H21N3O. The smallest absolute Gasteiger partial charge is 0.220 e. The van der Waals surface area contributed by atoms with E-state index in [1.54, 1.807) is 0 Å². The fourth-order valence-electron chi connectivity index (χ4n) is 2.45. The van der Waals surface area contributed by atoms with Crippen LogP contribution in [0.3, 0.4) is 0 Å². The Morgan fingerprint density at radius 1 is 1.33 bits per heavy atom. The average Bonchev–Trinajstić information content (AvgIpc) is 3.27. The second kappa shape index (κ2) is 6.12. The average molecular weight is 283 g/mol. The van der Waals surface area contributed by atoms with Crippen LogP contribution in [0, 0.1) is 6.92 Å². The summed E-state index contributed by atoms with van der Waals surface area (Å²) >= 11 is 0. The van der Waals surface area contributed by atoms with Gasteiger partial charge in [0.1, 0.15) is 0 Å². The Bertz CT molecular complexity index is 650. The second-order valence-corrected chi connectivity index (χ2v) is 5.70. The highest BCUT2D eigenvalue weighted by Gasteiger charge is 2.22. The summed E-state index contributed by atoms with van der Waals surface area (Å²) in [4.78, 5) is 16.2. The fraction of sp³-hybridized carbons (Fsp3) is 0.412. The topological polar surface area (TPSA) is 54.0 Å². The number of anilines is 1. The number of benzene rings is 1. The van der Waals surface area contributed by atoms with Crippen molar-refractivity contribution in [1.29, 1.82) is 0 Å². The van der Waals surface area contributed by atoms with Gasteiger partial charge in [0.05, 0.1) is 5.52 Å². The summed E-state index contributed by atoms with van der Waals surface area (Å²) in [5.74, 6) is 0.176. The normalized spacial score (nSPS) is 14.1. The van der Waals surface area contributed by atoms with E-state index in [-0.39, 0.29) is 5.91 Å². The molecule has 1 aliphatic rings. The molecule has 1 fully saturated rings. The molecule has 2 aromatic rings. The molecule has 1 heterocycles. The van der Waals surface area contributed by atoms with Crippen molar-refractivity contribution in [3.63, 3.8) is 0 Å². The largest absolute Gasteiger partial charge is 0.384 e. The van der Waals surface area contributed by atoms with Gasteiger partial charge in [-0.15, -0.1) is 0 Å². The zero-order valence-electron chi connectivity index (χ0n) is 12.4. The minimum atomic E-state index is 0.176. The monoisotopic (exact) mass is 283 g/mol. The van der Waals surface area contributed by atoms with E-state index in [1.165, 1.54) is 0 Å². The highest BCUT2D eigenvalue weighted by atomic mass is 16.1. The third-order valence-corrected chi connectivity index (χ3v) is 3.68. The lowest BCUT2D eigenvalue weighted by atomic mass is 10.1. The lowest BCUT2D eigenvalue weighted by Gasteiger charge is -2.10. The van der Waals surface area contributed by atoms with Gasteiger partial charge in [0.2, 0.25) is 5.91 Å². The molecule has 4 nitrogen and oxygen atoms in total. The molecule has 1 aromatic carbocycles. The number of aryl methyl sites for hydroxylation is 1. The van der Waals surface area contributed by atoms with Crippen LogP contribution in [-0.2, 0) is 4.79 Å². The predicted molar refractivity (Wildman–Crippen MR) is 85.4 cm³/mol. The van der Waals surface area contributed by atoms with Gasteiger partial charge in [-0.1, -0.05) is 18.2 Å². The molecule has 0 unspecified atom stereocenters. The van der Waals surface area contributed by atoms with E-state index in [1.807, 2.05) is 25.1 Å². The number of carbonyl (C=O) groups excluding carboxylic acids is 1. The first-order valence-electron chi connectivity index (χ1n) is 7.62. The van der Waals surface area contributed by atoms with E-state index >= 15 is 0 Å². The van der Waals surface area contributed by atoms with Crippen molar-refractivity contribution in [2.75, 3.05) is 11.9 Å². The van der Waals surface area contributed by atoms with E-state index in [9.17, 15) is 4.79 Å². The third-order valence-electron chi connectivity index (χ3n) is 3.68. The molecule has 1 saturated carbocycles. The molecule has 0 spiro atoms. The van der Waals surface area contributed by atoms with Crippen LogP contribution in [0.2, 0.25) is 0 Å². The molecule has 0 bridgehead atoms. The zero-order valence-corrected chi connectivity index (χ0v) is 12.4. The van der Waals surface area contributed by atoms with E-state index in [0.717, 1.165) is 48.1 Å². The zero-order chi connectivity index (χ0) is 14.7. The van der Waals surface area contributed by atoms with Crippen molar-refractivity contribution >= 4 is 22.5 Å². The number of hydrogen-bond donors (Lipinski definition) is 2. The first-order chi connectivity index (χ1) is 10.2. The third kappa shape index (κ3) is 3.72. The predicted octanol–water partition coefficient (Wildman–Crippen LogP) is 3.01. The summed E-state index contributed by atoms with van der Waals surface area (Å²) in [5, 5.41) is 7.58. The highest BCUT2D eigenvalue weighted by Crippen LogP contribution is 2.23. The van der Waals surface area contributed by atoms with Gasteiger partial charge >= 0.3 is 0 Å². The van der Waals surface area contributed by atoms with Crippen LogP contribution in [0.5, 0.6) is 0 Å².